The molecule has 2 heterocycles. The maximum atomic E-state index is 12.6. The van der Waals surface area contributed by atoms with E-state index in [0.717, 1.165) is 13.0 Å². The molecular weight excluding hydrogens is 310 g/mol. The molecule has 5 heteroatoms. The van der Waals surface area contributed by atoms with Crippen molar-refractivity contribution in [2.24, 2.45) is 17.8 Å². The van der Waals surface area contributed by atoms with Gasteiger partial charge in [-0.05, 0) is 25.3 Å². The summed E-state index contributed by atoms with van der Waals surface area (Å²) in [7, 11) is 0. The number of amides is 1. The molecule has 0 spiro atoms. The summed E-state index contributed by atoms with van der Waals surface area (Å²) in [6.45, 7) is 2.37. The molecule has 3 fully saturated rings. The first kappa shape index (κ1) is 15.3. The molecular formula is C18H23NO3S. The highest BCUT2D eigenvalue weighted by Crippen LogP contribution is 2.51. The first-order valence-corrected chi connectivity index (χ1v) is 9.55. The highest BCUT2D eigenvalue weighted by molar-refractivity contribution is 7.12. The lowest BCUT2D eigenvalue weighted by Crippen LogP contribution is -2.63. The number of fused-ring (bicyclic) bond motifs is 1. The zero-order valence-electron chi connectivity index (χ0n) is 13.4. The predicted octanol–water partition coefficient (Wildman–Crippen LogP) is 3.27. The molecule has 124 valence electrons. The Morgan fingerprint density at radius 3 is 2.74 bits per heavy atom. The largest absolute Gasteiger partial charge is 0.377 e. The van der Waals surface area contributed by atoms with Crippen LogP contribution < -0.4 is 5.32 Å². The van der Waals surface area contributed by atoms with E-state index < -0.39 is 0 Å². The van der Waals surface area contributed by atoms with Crippen molar-refractivity contribution in [1.29, 1.82) is 0 Å². The van der Waals surface area contributed by atoms with Gasteiger partial charge < -0.3 is 10.1 Å². The van der Waals surface area contributed by atoms with E-state index in [1.807, 2.05) is 0 Å². The fraction of sp³-hybridized carbons (Fsp3) is 0.667. The Kier molecular flexibility index (Phi) is 4.01. The second kappa shape index (κ2) is 6.02. The monoisotopic (exact) mass is 333 g/mol. The van der Waals surface area contributed by atoms with Crippen LogP contribution in [0.3, 0.4) is 0 Å². The number of ketones is 1. The van der Waals surface area contributed by atoms with Crippen molar-refractivity contribution < 1.29 is 14.3 Å². The maximum Gasteiger partial charge on any atom is 0.252 e. The summed E-state index contributed by atoms with van der Waals surface area (Å²) in [6, 6.07) is 1.97. The number of nitrogens with one attached hydrogen (secondary N) is 1. The van der Waals surface area contributed by atoms with Gasteiger partial charge in [-0.25, -0.2) is 0 Å². The first-order chi connectivity index (χ1) is 11.1. The summed E-state index contributed by atoms with van der Waals surface area (Å²) >= 11 is 1.35. The molecule has 1 aromatic heterocycles. The molecule has 1 aliphatic heterocycles. The van der Waals surface area contributed by atoms with Gasteiger partial charge >= 0.3 is 0 Å². The molecule has 0 bridgehead atoms. The third-order valence-electron chi connectivity index (χ3n) is 5.89. The standard InChI is InChI=1S/C18H23NO3S/c1-10(20)14-8-12(9-23-14)18(21)19-16-13-6-7-22-17(13)15(16)11-4-2-3-5-11/h8-9,11,13,15-17H,2-7H2,1H3,(H,19,21)/t13-,15+,16-,17-/m0/s1. The molecule has 4 nitrogen and oxygen atoms in total. The second-order valence-corrected chi connectivity index (χ2v) is 8.08. The molecule has 0 radical (unpaired) electrons. The fourth-order valence-corrected chi connectivity index (χ4v) is 5.52. The van der Waals surface area contributed by atoms with Crippen molar-refractivity contribution >= 4 is 23.0 Å². The molecule has 23 heavy (non-hydrogen) atoms. The molecule has 3 aliphatic rings. The smallest absolute Gasteiger partial charge is 0.252 e. The number of ether oxygens (including phenoxy) is 1. The normalized spacial score (nSPS) is 33.3. The summed E-state index contributed by atoms with van der Waals surface area (Å²) in [6.07, 6.45) is 6.59. The van der Waals surface area contributed by atoms with Crippen LogP contribution in [0.15, 0.2) is 11.4 Å². The zero-order valence-corrected chi connectivity index (χ0v) is 14.2. The van der Waals surface area contributed by atoms with Gasteiger partial charge in [0.2, 0.25) is 0 Å². The van der Waals surface area contributed by atoms with E-state index in [1.165, 1.54) is 43.9 Å². The highest BCUT2D eigenvalue weighted by Gasteiger charge is 2.57. The third kappa shape index (κ3) is 2.64. The van der Waals surface area contributed by atoms with Crippen molar-refractivity contribution in [2.75, 3.05) is 6.61 Å². The molecule has 0 aromatic carbocycles. The van der Waals surface area contributed by atoms with Crippen LogP contribution in [0.4, 0.5) is 0 Å². The molecule has 2 saturated carbocycles. The lowest BCUT2D eigenvalue weighted by atomic mass is 9.61. The van der Waals surface area contributed by atoms with Gasteiger partial charge in [-0.2, -0.15) is 0 Å². The number of carbonyl (C=O) groups is 2. The van der Waals surface area contributed by atoms with Crippen LogP contribution in [0.5, 0.6) is 0 Å². The summed E-state index contributed by atoms with van der Waals surface area (Å²) in [5.41, 5.74) is 0.618. The van der Waals surface area contributed by atoms with E-state index in [-0.39, 0.29) is 17.7 Å². The minimum atomic E-state index is -0.0351. The predicted molar refractivity (Wildman–Crippen MR) is 88.9 cm³/mol. The molecule has 1 amide bonds. The lowest BCUT2D eigenvalue weighted by Gasteiger charge is -2.50. The lowest BCUT2D eigenvalue weighted by molar-refractivity contribution is -0.0784. The zero-order chi connectivity index (χ0) is 16.0. The molecule has 1 N–H and O–H groups in total. The fourth-order valence-electron chi connectivity index (χ4n) is 4.73. The summed E-state index contributed by atoms with van der Waals surface area (Å²) in [5, 5.41) is 5.05. The number of carbonyl (C=O) groups excluding carboxylic acids is 2. The Labute approximate surface area is 140 Å². The van der Waals surface area contributed by atoms with Gasteiger partial charge in [0.15, 0.2) is 5.78 Å². The van der Waals surface area contributed by atoms with Gasteiger partial charge in [-0.3, -0.25) is 9.59 Å². The van der Waals surface area contributed by atoms with E-state index in [2.05, 4.69) is 5.32 Å². The average Bonchev–Trinajstić information content (AvgIpc) is 3.26. The van der Waals surface area contributed by atoms with Crippen LogP contribution in [0.1, 0.15) is 59.1 Å². The van der Waals surface area contributed by atoms with Crippen molar-refractivity contribution in [3.63, 3.8) is 0 Å². The van der Waals surface area contributed by atoms with Crippen LogP contribution in [0.25, 0.3) is 0 Å². The second-order valence-electron chi connectivity index (χ2n) is 7.16. The third-order valence-corrected chi connectivity index (χ3v) is 6.92. The van der Waals surface area contributed by atoms with Crippen molar-refractivity contribution in [1.82, 2.24) is 5.32 Å². The van der Waals surface area contributed by atoms with Gasteiger partial charge in [0.25, 0.3) is 5.91 Å². The van der Waals surface area contributed by atoms with Crippen molar-refractivity contribution in [3.05, 3.63) is 21.9 Å². The number of thiophene rings is 1. The molecule has 1 aromatic rings. The van der Waals surface area contributed by atoms with E-state index in [9.17, 15) is 9.59 Å². The Morgan fingerprint density at radius 2 is 2.04 bits per heavy atom. The average molecular weight is 333 g/mol. The van der Waals surface area contributed by atoms with Gasteiger partial charge in [0, 0.05) is 29.9 Å². The summed E-state index contributed by atoms with van der Waals surface area (Å²) < 4.78 is 5.94. The first-order valence-electron chi connectivity index (χ1n) is 8.67. The van der Waals surface area contributed by atoms with Crippen LogP contribution in [0.2, 0.25) is 0 Å². The molecule has 0 unspecified atom stereocenters. The highest BCUT2D eigenvalue weighted by atomic mass is 32.1. The van der Waals surface area contributed by atoms with E-state index in [4.69, 9.17) is 4.74 Å². The Hall–Kier alpha value is -1.20. The summed E-state index contributed by atoms with van der Waals surface area (Å²) in [4.78, 5) is 24.6. The van der Waals surface area contributed by atoms with Crippen molar-refractivity contribution in [2.45, 2.75) is 51.2 Å². The van der Waals surface area contributed by atoms with Gasteiger partial charge in [-0.15, -0.1) is 11.3 Å². The molecule has 4 atom stereocenters. The van der Waals surface area contributed by atoms with Crippen molar-refractivity contribution in [3.8, 4) is 0 Å². The van der Waals surface area contributed by atoms with E-state index in [1.54, 1.807) is 11.4 Å². The molecule has 1 saturated heterocycles. The minimum absolute atomic E-state index is 0.0192. The number of hydrogen-bond donors (Lipinski definition) is 1. The van der Waals surface area contributed by atoms with Gasteiger partial charge in [0.05, 0.1) is 16.5 Å². The number of hydrogen-bond acceptors (Lipinski definition) is 4. The Morgan fingerprint density at radius 1 is 1.26 bits per heavy atom. The van der Waals surface area contributed by atoms with Crippen LogP contribution in [0, 0.1) is 17.8 Å². The number of Topliss-reactive ketones (excluding diaryl/α,β-unsaturated/α-hetero) is 1. The Balaban J connectivity index is 1.47. The van der Waals surface area contributed by atoms with Gasteiger partial charge in [0.1, 0.15) is 0 Å². The topological polar surface area (TPSA) is 55.4 Å². The summed E-state index contributed by atoms with van der Waals surface area (Å²) in [5.74, 6) is 1.66. The molecule has 2 aliphatic carbocycles. The SMILES string of the molecule is CC(=O)c1cc(C(=O)N[C@H]2[C@@H]3CCO[C@@H]3[C@@H]2C2CCCC2)cs1. The quantitative estimate of drug-likeness (QED) is 0.860. The van der Waals surface area contributed by atoms with Crippen LogP contribution >= 0.6 is 11.3 Å². The van der Waals surface area contributed by atoms with E-state index in [0.29, 0.717) is 34.3 Å². The van der Waals surface area contributed by atoms with E-state index >= 15 is 0 Å². The Bertz CT molecular complexity index is 615. The number of rotatable bonds is 4. The molecule has 4 rings (SSSR count). The van der Waals surface area contributed by atoms with Crippen LogP contribution in [-0.2, 0) is 4.74 Å². The minimum Gasteiger partial charge on any atom is -0.377 e. The van der Waals surface area contributed by atoms with Gasteiger partial charge in [-0.1, -0.05) is 25.7 Å². The maximum absolute atomic E-state index is 12.6. The van der Waals surface area contributed by atoms with Crippen LogP contribution in [-0.4, -0.2) is 30.4 Å².